The van der Waals surface area contributed by atoms with Crippen molar-refractivity contribution >= 4 is 21.7 Å². The Kier molecular flexibility index (Phi) is 5.87. The molecule has 0 radical (unpaired) electrons. The largest absolute Gasteiger partial charge is 0.355 e. The molecular formula is C18H26N2O4S. The molecule has 0 saturated heterocycles. The summed E-state index contributed by atoms with van der Waals surface area (Å²) < 4.78 is 25.3. The number of nitrogens with one attached hydrogen (secondary N) is 2. The minimum Gasteiger partial charge on any atom is -0.355 e. The van der Waals surface area contributed by atoms with Crippen LogP contribution in [-0.2, 0) is 19.4 Å². The van der Waals surface area contributed by atoms with Gasteiger partial charge in [-0.1, -0.05) is 25.0 Å². The summed E-state index contributed by atoms with van der Waals surface area (Å²) in [5, 5.41) is 5.29. The standard InChI is InChI=1S/C18H26N2O4S/c1-13-6-7-14(2)16(12-13)25(23,24)18(8-4-5-9-18)17(22)20-11-10-19-15(3)21/h6-7,12H,4-5,8-11H2,1-3H3,(H,19,21)(H,20,22). The fourth-order valence-electron chi connectivity index (χ4n) is 3.35. The first-order valence-corrected chi connectivity index (χ1v) is 10.0. The van der Waals surface area contributed by atoms with E-state index in [4.69, 9.17) is 0 Å². The Morgan fingerprint density at radius 3 is 2.28 bits per heavy atom. The Bertz CT molecular complexity index is 765. The maximum absolute atomic E-state index is 13.4. The average Bonchev–Trinajstić information content (AvgIpc) is 3.05. The van der Waals surface area contributed by atoms with Crippen LogP contribution in [0.5, 0.6) is 0 Å². The molecule has 7 heteroatoms. The zero-order valence-electron chi connectivity index (χ0n) is 15.0. The molecule has 1 saturated carbocycles. The highest BCUT2D eigenvalue weighted by atomic mass is 32.2. The Balaban J connectivity index is 2.30. The van der Waals surface area contributed by atoms with Crippen molar-refractivity contribution in [2.45, 2.75) is 56.1 Å². The van der Waals surface area contributed by atoms with Gasteiger partial charge in [-0.3, -0.25) is 9.59 Å². The number of sulfone groups is 1. The summed E-state index contributed by atoms with van der Waals surface area (Å²) in [6.07, 6.45) is 2.08. The Morgan fingerprint density at radius 2 is 1.68 bits per heavy atom. The van der Waals surface area contributed by atoms with Gasteiger partial charge in [-0.05, 0) is 43.9 Å². The van der Waals surface area contributed by atoms with Crippen LogP contribution >= 0.6 is 0 Å². The first-order valence-electron chi connectivity index (χ1n) is 8.55. The summed E-state index contributed by atoms with van der Waals surface area (Å²) >= 11 is 0. The topological polar surface area (TPSA) is 92.3 Å². The highest BCUT2D eigenvalue weighted by Crippen LogP contribution is 2.41. The van der Waals surface area contributed by atoms with E-state index in [9.17, 15) is 18.0 Å². The lowest BCUT2D eigenvalue weighted by molar-refractivity contribution is -0.124. The van der Waals surface area contributed by atoms with Gasteiger partial charge in [0.2, 0.25) is 11.8 Å². The van der Waals surface area contributed by atoms with Crippen molar-refractivity contribution in [2.24, 2.45) is 0 Å². The van der Waals surface area contributed by atoms with Crippen LogP contribution in [0.1, 0.15) is 43.7 Å². The van der Waals surface area contributed by atoms with E-state index in [1.54, 1.807) is 19.1 Å². The molecule has 2 amide bonds. The fourth-order valence-corrected chi connectivity index (χ4v) is 5.74. The van der Waals surface area contributed by atoms with Crippen molar-refractivity contribution in [3.05, 3.63) is 29.3 Å². The third kappa shape index (κ3) is 3.86. The molecule has 1 aliphatic carbocycles. The molecule has 0 atom stereocenters. The number of benzene rings is 1. The van der Waals surface area contributed by atoms with Crippen LogP contribution in [0.2, 0.25) is 0 Å². The first-order chi connectivity index (χ1) is 11.7. The molecule has 2 rings (SSSR count). The number of amides is 2. The van der Waals surface area contributed by atoms with Gasteiger partial charge in [-0.25, -0.2) is 8.42 Å². The highest BCUT2D eigenvalue weighted by molar-refractivity contribution is 7.93. The van der Waals surface area contributed by atoms with E-state index in [2.05, 4.69) is 10.6 Å². The third-order valence-corrected chi connectivity index (χ3v) is 7.40. The highest BCUT2D eigenvalue weighted by Gasteiger charge is 2.53. The van der Waals surface area contributed by atoms with Gasteiger partial charge in [-0.15, -0.1) is 0 Å². The summed E-state index contributed by atoms with van der Waals surface area (Å²) in [6.45, 7) is 5.48. The smallest absolute Gasteiger partial charge is 0.241 e. The zero-order valence-corrected chi connectivity index (χ0v) is 15.8. The molecule has 1 aromatic rings. The molecule has 0 aliphatic heterocycles. The van der Waals surface area contributed by atoms with Gasteiger partial charge in [0.25, 0.3) is 0 Å². The van der Waals surface area contributed by atoms with Crippen LogP contribution in [0.25, 0.3) is 0 Å². The normalized spacial score (nSPS) is 16.4. The van der Waals surface area contributed by atoms with E-state index in [-0.39, 0.29) is 23.9 Å². The number of hydrogen-bond acceptors (Lipinski definition) is 4. The van der Waals surface area contributed by atoms with Crippen LogP contribution in [0.15, 0.2) is 23.1 Å². The van der Waals surface area contributed by atoms with E-state index in [1.807, 2.05) is 13.0 Å². The summed E-state index contributed by atoms with van der Waals surface area (Å²) in [7, 11) is -3.81. The number of aryl methyl sites for hydroxylation is 2. The average molecular weight is 366 g/mol. The fraction of sp³-hybridized carbons (Fsp3) is 0.556. The summed E-state index contributed by atoms with van der Waals surface area (Å²) in [4.78, 5) is 24.0. The SMILES string of the molecule is CC(=O)NCCNC(=O)C1(S(=O)(=O)c2cc(C)ccc2C)CCCC1. The van der Waals surface area contributed by atoms with Gasteiger partial charge in [0.15, 0.2) is 14.6 Å². The first kappa shape index (κ1) is 19.4. The van der Waals surface area contributed by atoms with Crippen LogP contribution in [-0.4, -0.2) is 38.1 Å². The number of carbonyl (C=O) groups is 2. The van der Waals surface area contributed by atoms with E-state index in [0.717, 1.165) is 5.56 Å². The lowest BCUT2D eigenvalue weighted by Gasteiger charge is -2.28. The second-order valence-electron chi connectivity index (χ2n) is 6.71. The summed E-state index contributed by atoms with van der Waals surface area (Å²) in [5.41, 5.74) is 1.51. The zero-order chi connectivity index (χ0) is 18.7. The molecule has 0 spiro atoms. The maximum atomic E-state index is 13.4. The van der Waals surface area contributed by atoms with Crippen molar-refractivity contribution < 1.29 is 18.0 Å². The summed E-state index contributed by atoms with van der Waals surface area (Å²) in [5.74, 6) is -0.649. The molecule has 2 N–H and O–H groups in total. The van der Waals surface area contributed by atoms with Crippen molar-refractivity contribution in [1.29, 1.82) is 0 Å². The summed E-state index contributed by atoms with van der Waals surface area (Å²) in [6, 6.07) is 5.29. The minimum absolute atomic E-state index is 0.187. The Labute approximate surface area is 149 Å². The molecule has 1 aromatic carbocycles. The minimum atomic E-state index is -3.81. The van der Waals surface area contributed by atoms with E-state index in [1.165, 1.54) is 6.92 Å². The molecule has 0 unspecified atom stereocenters. The van der Waals surface area contributed by atoms with Crippen molar-refractivity contribution in [3.63, 3.8) is 0 Å². The second-order valence-corrected chi connectivity index (χ2v) is 8.94. The predicted octanol–water partition coefficient (Wildman–Crippen LogP) is 1.64. The molecule has 1 aliphatic rings. The number of rotatable bonds is 6. The van der Waals surface area contributed by atoms with Crippen molar-refractivity contribution in [2.75, 3.05) is 13.1 Å². The molecule has 6 nitrogen and oxygen atoms in total. The van der Waals surface area contributed by atoms with Crippen molar-refractivity contribution in [3.8, 4) is 0 Å². The predicted molar refractivity (Wildman–Crippen MR) is 96.0 cm³/mol. The molecule has 25 heavy (non-hydrogen) atoms. The molecule has 138 valence electrons. The van der Waals surface area contributed by atoms with Gasteiger partial charge in [0.05, 0.1) is 4.90 Å². The van der Waals surface area contributed by atoms with Crippen LogP contribution in [0.4, 0.5) is 0 Å². The van der Waals surface area contributed by atoms with Gasteiger partial charge in [0.1, 0.15) is 0 Å². The lowest BCUT2D eigenvalue weighted by Crippen LogP contribution is -2.52. The molecule has 0 aromatic heterocycles. The molecule has 0 heterocycles. The second kappa shape index (κ2) is 7.56. The van der Waals surface area contributed by atoms with Gasteiger partial charge >= 0.3 is 0 Å². The third-order valence-electron chi connectivity index (χ3n) is 4.76. The Hall–Kier alpha value is -1.89. The molecular weight excluding hydrogens is 340 g/mol. The number of carbonyl (C=O) groups excluding carboxylic acids is 2. The van der Waals surface area contributed by atoms with Crippen LogP contribution in [0, 0.1) is 13.8 Å². The van der Waals surface area contributed by atoms with Gasteiger partial charge < -0.3 is 10.6 Å². The van der Waals surface area contributed by atoms with E-state index >= 15 is 0 Å². The molecule has 0 bridgehead atoms. The Morgan fingerprint density at radius 1 is 1.08 bits per heavy atom. The molecule has 1 fully saturated rings. The lowest BCUT2D eigenvalue weighted by atomic mass is 10.1. The number of hydrogen-bond donors (Lipinski definition) is 2. The maximum Gasteiger partial charge on any atom is 0.241 e. The van der Waals surface area contributed by atoms with Gasteiger partial charge in [-0.2, -0.15) is 0 Å². The van der Waals surface area contributed by atoms with Crippen molar-refractivity contribution in [1.82, 2.24) is 10.6 Å². The van der Waals surface area contributed by atoms with E-state index in [0.29, 0.717) is 31.2 Å². The van der Waals surface area contributed by atoms with Crippen LogP contribution in [0.3, 0.4) is 0 Å². The van der Waals surface area contributed by atoms with Crippen LogP contribution < -0.4 is 10.6 Å². The quantitative estimate of drug-likeness (QED) is 0.749. The van der Waals surface area contributed by atoms with E-state index < -0.39 is 20.5 Å². The van der Waals surface area contributed by atoms with Gasteiger partial charge in [0, 0.05) is 20.0 Å². The monoisotopic (exact) mass is 366 g/mol.